The van der Waals surface area contributed by atoms with E-state index in [0.29, 0.717) is 31.1 Å². The number of aromatic nitrogens is 1. The number of aryl methyl sites for hydroxylation is 1. The summed E-state index contributed by atoms with van der Waals surface area (Å²) in [5.74, 6) is 1.31. The third-order valence-corrected chi connectivity index (χ3v) is 6.75. The van der Waals surface area contributed by atoms with Crippen molar-refractivity contribution in [3.63, 3.8) is 0 Å². The lowest BCUT2D eigenvalue weighted by Gasteiger charge is -2.24. The summed E-state index contributed by atoms with van der Waals surface area (Å²) in [5.41, 5.74) is 1.01. The van der Waals surface area contributed by atoms with E-state index in [4.69, 9.17) is 0 Å². The lowest BCUT2D eigenvalue weighted by Crippen LogP contribution is -2.38. The molecule has 1 aromatic carbocycles. The van der Waals surface area contributed by atoms with Crippen molar-refractivity contribution in [1.82, 2.24) is 15.2 Å². The number of rotatable bonds is 4. The van der Waals surface area contributed by atoms with E-state index >= 15 is 0 Å². The number of carbonyl (C=O) groups excluding carboxylic acids is 2. The van der Waals surface area contributed by atoms with Crippen molar-refractivity contribution in [1.29, 1.82) is 0 Å². The van der Waals surface area contributed by atoms with Crippen molar-refractivity contribution in [3.8, 4) is 0 Å². The van der Waals surface area contributed by atoms with Gasteiger partial charge >= 0.3 is 0 Å². The minimum Gasteiger partial charge on any atom is -0.356 e. The maximum atomic E-state index is 12.6. The zero-order valence-corrected chi connectivity index (χ0v) is 15.2. The van der Waals surface area contributed by atoms with Gasteiger partial charge in [0.25, 0.3) is 0 Å². The van der Waals surface area contributed by atoms with Gasteiger partial charge in [-0.1, -0.05) is 12.1 Å². The Bertz CT molecular complexity index is 770. The molecule has 2 aromatic rings. The van der Waals surface area contributed by atoms with Gasteiger partial charge in [0.1, 0.15) is 0 Å². The number of hydrogen-bond donors (Lipinski definition) is 1. The molecule has 2 amide bonds. The van der Waals surface area contributed by atoms with Crippen molar-refractivity contribution in [2.75, 3.05) is 13.6 Å². The predicted molar refractivity (Wildman–Crippen MR) is 98.3 cm³/mol. The number of piperidine rings is 1. The monoisotopic (exact) mass is 357 g/mol. The van der Waals surface area contributed by atoms with Crippen LogP contribution in [0.3, 0.4) is 0 Å². The Hall–Kier alpha value is -1.95. The van der Waals surface area contributed by atoms with Crippen LogP contribution < -0.4 is 5.32 Å². The Labute approximate surface area is 151 Å². The van der Waals surface area contributed by atoms with Crippen LogP contribution in [0, 0.1) is 11.8 Å². The summed E-state index contributed by atoms with van der Waals surface area (Å²) in [7, 11) is 1.91. The lowest BCUT2D eigenvalue weighted by molar-refractivity contribution is -0.131. The van der Waals surface area contributed by atoms with Gasteiger partial charge in [0, 0.05) is 38.9 Å². The van der Waals surface area contributed by atoms with Gasteiger partial charge in [0.15, 0.2) is 0 Å². The lowest BCUT2D eigenvalue weighted by atomic mass is 9.89. The van der Waals surface area contributed by atoms with E-state index in [1.54, 1.807) is 11.3 Å². The number of thiazole rings is 1. The first-order valence-electron chi connectivity index (χ1n) is 8.97. The molecule has 1 aliphatic carbocycles. The van der Waals surface area contributed by atoms with Crippen molar-refractivity contribution in [2.24, 2.45) is 11.8 Å². The van der Waals surface area contributed by atoms with Crippen LogP contribution in [0.4, 0.5) is 0 Å². The van der Waals surface area contributed by atoms with Gasteiger partial charge in [-0.3, -0.25) is 9.59 Å². The second-order valence-corrected chi connectivity index (χ2v) is 8.35. The summed E-state index contributed by atoms with van der Waals surface area (Å²) >= 11 is 1.67. The molecule has 6 heteroatoms. The average Bonchev–Trinajstić information content (AvgIpc) is 3.21. The third-order valence-electron chi connectivity index (χ3n) is 5.66. The summed E-state index contributed by atoms with van der Waals surface area (Å²) in [5, 5.41) is 3.98. The number of fused-ring (bicyclic) bond motifs is 2. The molecule has 25 heavy (non-hydrogen) atoms. The van der Waals surface area contributed by atoms with Gasteiger partial charge < -0.3 is 10.2 Å². The zero-order valence-electron chi connectivity index (χ0n) is 14.4. The quantitative estimate of drug-likeness (QED) is 0.915. The SMILES string of the molecule is CN(C(=O)CCc1nc2ccccc2s1)[C@H]1C[C@H]2CC(=O)NC[C@H]2C1. The molecule has 1 saturated heterocycles. The molecule has 1 saturated carbocycles. The molecule has 2 heterocycles. The minimum absolute atomic E-state index is 0.159. The molecular formula is C19H23N3O2S. The Morgan fingerprint density at radius 2 is 2.12 bits per heavy atom. The third kappa shape index (κ3) is 3.40. The molecule has 132 valence electrons. The number of carbonyl (C=O) groups is 2. The molecule has 4 rings (SSSR count). The fourth-order valence-electron chi connectivity index (χ4n) is 4.17. The van der Waals surface area contributed by atoms with Crippen LogP contribution in [-0.2, 0) is 16.0 Å². The molecule has 1 aliphatic heterocycles. The van der Waals surface area contributed by atoms with Crippen LogP contribution in [0.2, 0.25) is 0 Å². The second-order valence-electron chi connectivity index (χ2n) is 7.23. The summed E-state index contributed by atoms with van der Waals surface area (Å²) in [6.07, 6.45) is 3.78. The van der Waals surface area contributed by atoms with E-state index in [0.717, 1.165) is 29.9 Å². The van der Waals surface area contributed by atoms with Crippen molar-refractivity contribution < 1.29 is 9.59 Å². The Balaban J connectivity index is 1.34. The molecular weight excluding hydrogens is 334 g/mol. The van der Waals surface area contributed by atoms with E-state index < -0.39 is 0 Å². The molecule has 0 bridgehead atoms. The van der Waals surface area contributed by atoms with Crippen molar-refractivity contribution in [3.05, 3.63) is 29.3 Å². The van der Waals surface area contributed by atoms with Gasteiger partial charge in [-0.15, -0.1) is 11.3 Å². The molecule has 0 spiro atoms. The molecule has 5 nitrogen and oxygen atoms in total. The predicted octanol–water partition coefficient (Wildman–Crippen LogP) is 2.60. The molecule has 0 radical (unpaired) electrons. The number of amides is 2. The first-order valence-corrected chi connectivity index (χ1v) is 9.78. The second kappa shape index (κ2) is 6.75. The van der Waals surface area contributed by atoms with E-state index in [2.05, 4.69) is 16.4 Å². The summed E-state index contributed by atoms with van der Waals surface area (Å²) < 4.78 is 1.18. The fourth-order valence-corrected chi connectivity index (χ4v) is 5.14. The standard InChI is InChI=1S/C19H23N3O2S/c1-22(14-8-12-10-17(23)20-11-13(12)9-14)19(24)7-6-18-21-15-4-2-3-5-16(15)25-18/h2-5,12-14H,6-11H2,1H3,(H,20,23)/t12-,13+,14-/m0/s1. The Morgan fingerprint density at radius 3 is 2.96 bits per heavy atom. The van der Waals surface area contributed by atoms with E-state index in [1.807, 2.05) is 30.1 Å². The molecule has 1 aromatic heterocycles. The van der Waals surface area contributed by atoms with Gasteiger partial charge in [-0.2, -0.15) is 0 Å². The highest BCUT2D eigenvalue weighted by Crippen LogP contribution is 2.38. The van der Waals surface area contributed by atoms with Crippen LogP contribution in [0.15, 0.2) is 24.3 Å². The maximum absolute atomic E-state index is 12.6. The van der Waals surface area contributed by atoms with Crippen LogP contribution >= 0.6 is 11.3 Å². The summed E-state index contributed by atoms with van der Waals surface area (Å²) in [4.78, 5) is 30.7. The summed E-state index contributed by atoms with van der Waals surface area (Å²) in [6, 6.07) is 8.36. The molecule has 2 fully saturated rings. The molecule has 2 aliphatic rings. The van der Waals surface area contributed by atoms with E-state index in [-0.39, 0.29) is 17.9 Å². The Kier molecular flexibility index (Phi) is 4.46. The van der Waals surface area contributed by atoms with Crippen LogP contribution in [0.5, 0.6) is 0 Å². The number of para-hydroxylation sites is 1. The van der Waals surface area contributed by atoms with Crippen LogP contribution in [0.1, 0.15) is 30.7 Å². The highest BCUT2D eigenvalue weighted by molar-refractivity contribution is 7.18. The van der Waals surface area contributed by atoms with Crippen LogP contribution in [0.25, 0.3) is 10.2 Å². The number of benzene rings is 1. The van der Waals surface area contributed by atoms with E-state index in [1.165, 1.54) is 4.70 Å². The largest absolute Gasteiger partial charge is 0.356 e. The normalized spacial score (nSPS) is 25.6. The van der Waals surface area contributed by atoms with Gasteiger partial charge in [0.2, 0.25) is 11.8 Å². The minimum atomic E-state index is 0.159. The van der Waals surface area contributed by atoms with Gasteiger partial charge in [-0.25, -0.2) is 4.98 Å². The fraction of sp³-hybridized carbons (Fsp3) is 0.526. The molecule has 3 atom stereocenters. The Morgan fingerprint density at radius 1 is 1.32 bits per heavy atom. The topological polar surface area (TPSA) is 62.3 Å². The maximum Gasteiger partial charge on any atom is 0.222 e. The molecule has 0 unspecified atom stereocenters. The highest BCUT2D eigenvalue weighted by atomic mass is 32.1. The van der Waals surface area contributed by atoms with Gasteiger partial charge in [-0.05, 0) is 36.8 Å². The smallest absolute Gasteiger partial charge is 0.222 e. The highest BCUT2D eigenvalue weighted by Gasteiger charge is 2.40. The first kappa shape index (κ1) is 16.5. The number of hydrogen-bond acceptors (Lipinski definition) is 4. The average molecular weight is 357 g/mol. The summed E-state index contributed by atoms with van der Waals surface area (Å²) in [6.45, 7) is 0.772. The van der Waals surface area contributed by atoms with Crippen LogP contribution in [-0.4, -0.2) is 41.3 Å². The molecule has 1 N–H and O–H groups in total. The van der Waals surface area contributed by atoms with Crippen molar-refractivity contribution in [2.45, 2.75) is 38.1 Å². The first-order chi connectivity index (χ1) is 12.1. The van der Waals surface area contributed by atoms with Crippen molar-refractivity contribution >= 4 is 33.4 Å². The van der Waals surface area contributed by atoms with E-state index in [9.17, 15) is 9.59 Å². The van der Waals surface area contributed by atoms with Gasteiger partial charge in [0.05, 0.1) is 15.2 Å². The zero-order chi connectivity index (χ0) is 17.4. The number of nitrogens with one attached hydrogen (secondary N) is 1. The number of nitrogens with zero attached hydrogens (tertiary/aromatic N) is 2.